The quantitative estimate of drug-likeness (QED) is 0.627. The lowest BCUT2D eigenvalue weighted by Crippen LogP contribution is -2.50. The second-order valence-electron chi connectivity index (χ2n) is 8.15. The highest BCUT2D eigenvalue weighted by Crippen LogP contribution is 2.23. The van der Waals surface area contributed by atoms with Crippen LogP contribution in [0, 0.1) is 0 Å². The van der Waals surface area contributed by atoms with E-state index in [9.17, 15) is 14.4 Å². The zero-order chi connectivity index (χ0) is 22.9. The summed E-state index contributed by atoms with van der Waals surface area (Å²) in [6, 6.07) is 8.59. The summed E-state index contributed by atoms with van der Waals surface area (Å²) in [5.74, 6) is 1.02. The number of H-pyrrole nitrogens is 1. The summed E-state index contributed by atoms with van der Waals surface area (Å²) < 4.78 is 6.08. The van der Waals surface area contributed by atoms with Gasteiger partial charge in [-0.05, 0) is 55.2 Å². The monoisotopic (exact) mass is 448 g/mol. The standard InChI is InChI=1S/C23H24N6O4/c1-33-17-7-5-16(6-8-17)29-22(31)18(14-24-23(29)32)21(30)28-11-9-27(10-12-28)20-13-15-3-2-4-19(15)25-26-20/h5-8,13-14H,2-4,9-12H2,1H3,(H,24,32). The van der Waals surface area contributed by atoms with E-state index >= 15 is 0 Å². The van der Waals surface area contributed by atoms with E-state index in [4.69, 9.17) is 4.74 Å². The second kappa shape index (κ2) is 8.53. The summed E-state index contributed by atoms with van der Waals surface area (Å²) >= 11 is 0. The average Bonchev–Trinajstić information content (AvgIpc) is 3.32. The fraction of sp³-hybridized carbons (Fsp3) is 0.348. The number of carbonyl (C=O) groups is 1. The Hall–Kier alpha value is -3.95. The third-order valence-corrected chi connectivity index (χ3v) is 6.24. The first-order valence-electron chi connectivity index (χ1n) is 10.9. The maximum Gasteiger partial charge on any atom is 0.333 e. The Balaban J connectivity index is 1.34. The molecule has 1 aromatic carbocycles. The first-order valence-corrected chi connectivity index (χ1v) is 10.9. The van der Waals surface area contributed by atoms with Crippen molar-refractivity contribution in [1.29, 1.82) is 0 Å². The van der Waals surface area contributed by atoms with Gasteiger partial charge in [-0.1, -0.05) is 0 Å². The molecule has 1 aliphatic carbocycles. The first kappa shape index (κ1) is 20.9. The Morgan fingerprint density at radius 1 is 1.03 bits per heavy atom. The van der Waals surface area contributed by atoms with Crippen LogP contribution < -0.4 is 20.9 Å². The van der Waals surface area contributed by atoms with Crippen molar-refractivity contribution in [2.45, 2.75) is 19.3 Å². The number of nitrogens with one attached hydrogen (secondary N) is 1. The Morgan fingerprint density at radius 2 is 1.79 bits per heavy atom. The van der Waals surface area contributed by atoms with Crippen LogP contribution in [0.4, 0.5) is 5.82 Å². The smallest absolute Gasteiger partial charge is 0.333 e. The molecule has 33 heavy (non-hydrogen) atoms. The van der Waals surface area contributed by atoms with Crippen LogP contribution in [0.3, 0.4) is 0 Å². The zero-order valence-corrected chi connectivity index (χ0v) is 18.3. The molecule has 1 saturated heterocycles. The van der Waals surface area contributed by atoms with Crippen molar-refractivity contribution in [2.24, 2.45) is 0 Å². The fourth-order valence-corrected chi connectivity index (χ4v) is 4.37. The number of benzene rings is 1. The molecule has 10 nitrogen and oxygen atoms in total. The normalized spacial score (nSPS) is 15.4. The molecule has 0 radical (unpaired) electrons. The van der Waals surface area contributed by atoms with E-state index in [1.54, 1.807) is 29.2 Å². The maximum atomic E-state index is 13.1. The number of amides is 1. The fourth-order valence-electron chi connectivity index (χ4n) is 4.37. The summed E-state index contributed by atoms with van der Waals surface area (Å²) in [5, 5.41) is 8.70. The molecule has 1 aliphatic heterocycles. The maximum absolute atomic E-state index is 13.1. The van der Waals surface area contributed by atoms with Crippen molar-refractivity contribution >= 4 is 11.7 Å². The molecule has 0 spiro atoms. The van der Waals surface area contributed by atoms with Crippen molar-refractivity contribution in [3.8, 4) is 11.4 Å². The first-order chi connectivity index (χ1) is 16.0. The highest BCUT2D eigenvalue weighted by Gasteiger charge is 2.27. The number of piperazine rings is 1. The number of fused-ring (bicyclic) bond motifs is 1. The Kier molecular flexibility index (Phi) is 5.41. The molecule has 170 valence electrons. The zero-order valence-electron chi connectivity index (χ0n) is 18.3. The van der Waals surface area contributed by atoms with Gasteiger partial charge < -0.3 is 19.5 Å². The SMILES string of the molecule is COc1ccc(-n2c(=O)[nH]cc(C(=O)N3CCN(c4cc5c(nn4)CCC5)CC3)c2=O)cc1. The molecule has 2 aliphatic rings. The lowest BCUT2D eigenvalue weighted by atomic mass is 10.2. The highest BCUT2D eigenvalue weighted by atomic mass is 16.5. The molecule has 0 unspecified atom stereocenters. The van der Waals surface area contributed by atoms with E-state index in [2.05, 4.69) is 26.1 Å². The topological polar surface area (TPSA) is 113 Å². The molecule has 1 amide bonds. The van der Waals surface area contributed by atoms with Crippen LogP contribution in [0.15, 0.2) is 46.1 Å². The van der Waals surface area contributed by atoms with Crippen LogP contribution >= 0.6 is 0 Å². The van der Waals surface area contributed by atoms with Crippen molar-refractivity contribution in [2.75, 3.05) is 38.2 Å². The minimum atomic E-state index is -0.652. The van der Waals surface area contributed by atoms with Crippen molar-refractivity contribution in [1.82, 2.24) is 24.6 Å². The third kappa shape index (κ3) is 3.88. The Bertz CT molecular complexity index is 1310. The van der Waals surface area contributed by atoms with E-state index in [1.807, 2.05) is 0 Å². The number of hydrogen-bond acceptors (Lipinski definition) is 7. The summed E-state index contributed by atoms with van der Waals surface area (Å²) in [6.07, 6.45) is 4.33. The number of hydrogen-bond donors (Lipinski definition) is 1. The number of aryl methyl sites for hydroxylation is 2. The van der Waals surface area contributed by atoms with Crippen LogP contribution in [-0.4, -0.2) is 63.8 Å². The van der Waals surface area contributed by atoms with Gasteiger partial charge in [-0.25, -0.2) is 9.36 Å². The van der Waals surface area contributed by atoms with Gasteiger partial charge in [-0.2, -0.15) is 5.10 Å². The summed E-state index contributed by atoms with van der Waals surface area (Å²) in [4.78, 5) is 44.8. The molecule has 3 heterocycles. The lowest BCUT2D eigenvalue weighted by molar-refractivity contribution is 0.0743. The number of rotatable bonds is 4. The van der Waals surface area contributed by atoms with Gasteiger partial charge in [-0.15, -0.1) is 5.10 Å². The van der Waals surface area contributed by atoms with Gasteiger partial charge in [0.05, 0.1) is 18.5 Å². The predicted molar refractivity (Wildman–Crippen MR) is 121 cm³/mol. The molecule has 2 aromatic heterocycles. The minimum absolute atomic E-state index is 0.0730. The molecule has 1 N–H and O–H groups in total. The van der Waals surface area contributed by atoms with Gasteiger partial charge in [0.2, 0.25) is 0 Å². The van der Waals surface area contributed by atoms with E-state index in [1.165, 1.54) is 18.9 Å². The van der Waals surface area contributed by atoms with Gasteiger partial charge in [0.15, 0.2) is 5.82 Å². The molecule has 0 atom stereocenters. The summed E-state index contributed by atoms with van der Waals surface area (Å²) in [6.45, 7) is 2.07. The summed E-state index contributed by atoms with van der Waals surface area (Å²) in [5.41, 5.74) is 1.36. The number of aromatic nitrogens is 4. The summed E-state index contributed by atoms with van der Waals surface area (Å²) in [7, 11) is 1.53. The van der Waals surface area contributed by atoms with E-state index in [-0.39, 0.29) is 5.56 Å². The number of ether oxygens (including phenoxy) is 1. The van der Waals surface area contributed by atoms with Gasteiger partial charge in [-0.3, -0.25) is 9.59 Å². The number of methoxy groups -OCH3 is 1. The van der Waals surface area contributed by atoms with Gasteiger partial charge in [0.25, 0.3) is 11.5 Å². The average molecular weight is 448 g/mol. The number of anilines is 1. The van der Waals surface area contributed by atoms with Crippen LogP contribution in [-0.2, 0) is 12.8 Å². The lowest BCUT2D eigenvalue weighted by Gasteiger charge is -2.35. The Morgan fingerprint density at radius 3 is 2.52 bits per heavy atom. The molecule has 0 saturated carbocycles. The Labute approximate surface area is 189 Å². The van der Waals surface area contributed by atoms with E-state index in [0.717, 1.165) is 35.3 Å². The number of aromatic amines is 1. The van der Waals surface area contributed by atoms with E-state index < -0.39 is 17.2 Å². The molecule has 5 rings (SSSR count). The highest BCUT2D eigenvalue weighted by molar-refractivity contribution is 5.93. The van der Waals surface area contributed by atoms with Crippen LogP contribution in [0.1, 0.15) is 28.0 Å². The third-order valence-electron chi connectivity index (χ3n) is 6.24. The minimum Gasteiger partial charge on any atom is -0.497 e. The molecule has 0 bridgehead atoms. The van der Waals surface area contributed by atoms with E-state index in [0.29, 0.717) is 37.6 Å². The number of nitrogens with zero attached hydrogens (tertiary/aromatic N) is 5. The van der Waals surface area contributed by atoms with Crippen LogP contribution in [0.25, 0.3) is 5.69 Å². The molecule has 10 heteroatoms. The van der Waals surface area contributed by atoms with Crippen molar-refractivity contribution < 1.29 is 9.53 Å². The number of carbonyl (C=O) groups excluding carboxylic acids is 1. The molecule has 1 fully saturated rings. The van der Waals surface area contributed by atoms with Crippen LogP contribution in [0.2, 0.25) is 0 Å². The van der Waals surface area contributed by atoms with Crippen LogP contribution in [0.5, 0.6) is 5.75 Å². The molecular weight excluding hydrogens is 424 g/mol. The van der Waals surface area contributed by atoms with Gasteiger partial charge in [0, 0.05) is 32.4 Å². The second-order valence-corrected chi connectivity index (χ2v) is 8.15. The van der Waals surface area contributed by atoms with Gasteiger partial charge in [0.1, 0.15) is 11.3 Å². The molecular formula is C23H24N6O4. The predicted octanol–water partition coefficient (Wildman–Crippen LogP) is 0.775. The van der Waals surface area contributed by atoms with Crippen molar-refractivity contribution in [3.05, 3.63) is 74.2 Å². The van der Waals surface area contributed by atoms with Crippen molar-refractivity contribution in [3.63, 3.8) is 0 Å². The largest absolute Gasteiger partial charge is 0.497 e. The van der Waals surface area contributed by atoms with Gasteiger partial charge >= 0.3 is 5.69 Å². The molecule has 3 aromatic rings.